The lowest BCUT2D eigenvalue weighted by atomic mass is 9.89. The molecule has 2 fully saturated rings. The summed E-state index contributed by atoms with van der Waals surface area (Å²) in [7, 11) is 0. The van der Waals surface area contributed by atoms with Crippen molar-refractivity contribution in [3.8, 4) is 11.3 Å². The van der Waals surface area contributed by atoms with E-state index >= 15 is 0 Å². The van der Waals surface area contributed by atoms with Gasteiger partial charge in [0, 0.05) is 20.9 Å². The average Bonchev–Trinajstić information content (AvgIpc) is 3.42. The molecule has 0 bridgehead atoms. The molecule has 2 N–H and O–H groups in total. The van der Waals surface area contributed by atoms with Gasteiger partial charge in [-0.3, -0.25) is 0 Å². The van der Waals surface area contributed by atoms with Gasteiger partial charge < -0.3 is 19.7 Å². The van der Waals surface area contributed by atoms with E-state index in [1.165, 1.54) is 23.1 Å². The summed E-state index contributed by atoms with van der Waals surface area (Å²) in [6.07, 6.45) is -3.31. The van der Waals surface area contributed by atoms with Crippen LogP contribution in [-0.4, -0.2) is 51.7 Å². The number of fused-ring (bicyclic) bond motifs is 1. The number of nitrogens with zero attached hydrogens (tertiary/aromatic N) is 1. The minimum Gasteiger partial charge on any atom is -0.389 e. The second kappa shape index (κ2) is 9.42. The van der Waals surface area contributed by atoms with Gasteiger partial charge in [0.2, 0.25) is 0 Å². The number of hydrogen-bond donors (Lipinski definition) is 2. The largest absolute Gasteiger partial charge is 0.389 e. The first-order chi connectivity index (χ1) is 16.2. The third kappa shape index (κ3) is 4.37. The van der Waals surface area contributed by atoms with Crippen molar-refractivity contribution < 1.29 is 32.9 Å². The van der Waals surface area contributed by atoms with Crippen molar-refractivity contribution in [3.05, 3.63) is 68.8 Å². The topological polar surface area (TPSA) is 71.8 Å². The maximum Gasteiger partial charge on any atom is 0.194 e. The smallest absolute Gasteiger partial charge is 0.194 e. The number of thiazole rings is 1. The van der Waals surface area contributed by atoms with Gasteiger partial charge in [-0.25, -0.2) is 18.2 Å². The van der Waals surface area contributed by atoms with E-state index in [1.54, 1.807) is 11.4 Å². The van der Waals surface area contributed by atoms with E-state index < -0.39 is 53.2 Å². The summed E-state index contributed by atoms with van der Waals surface area (Å²) < 4.78 is 52.6. The third-order valence-electron chi connectivity index (χ3n) is 5.94. The molecular formula is C23H19ClF3NO4S2. The third-order valence-corrected chi connectivity index (χ3v) is 8.44. The van der Waals surface area contributed by atoms with E-state index in [4.69, 9.17) is 21.1 Å². The van der Waals surface area contributed by atoms with Gasteiger partial charge in [-0.2, -0.15) is 0 Å². The Morgan fingerprint density at radius 2 is 1.85 bits per heavy atom. The molecule has 1 aromatic heterocycles. The molecule has 2 aliphatic rings. The normalized spacial score (nSPS) is 28.8. The Morgan fingerprint density at radius 3 is 2.56 bits per heavy atom. The quantitative estimate of drug-likeness (QED) is 0.468. The van der Waals surface area contributed by atoms with Crippen LogP contribution >= 0.6 is 34.7 Å². The van der Waals surface area contributed by atoms with Crippen LogP contribution in [0.3, 0.4) is 0 Å². The zero-order valence-electron chi connectivity index (χ0n) is 17.6. The van der Waals surface area contributed by atoms with Crippen molar-refractivity contribution in [2.45, 2.75) is 47.6 Å². The van der Waals surface area contributed by atoms with Crippen molar-refractivity contribution in [1.29, 1.82) is 0 Å². The second-order valence-corrected chi connectivity index (χ2v) is 10.7. The molecule has 0 aliphatic carbocycles. The highest BCUT2D eigenvalue weighted by Gasteiger charge is 2.53. The zero-order chi connectivity index (χ0) is 24.1. The van der Waals surface area contributed by atoms with Crippen LogP contribution in [0.2, 0.25) is 5.02 Å². The van der Waals surface area contributed by atoms with Crippen LogP contribution in [0.15, 0.2) is 40.6 Å². The standard InChI is InChI=1S/C23H19ClF3NO4S2/c1-9-2-3-11(6-12(9)24)34-23-19(30)17(21-20(32-23)16(29)7-31-21)22-28-15(8-33-22)10-4-13(25)18(27)14(26)5-10/h2-6,8,16-17,19-21,23,29-30H,7H2,1H3/t16?,17?,19?,20?,21-,23-/m1/s1. The van der Waals surface area contributed by atoms with Crippen molar-refractivity contribution in [2.75, 3.05) is 6.61 Å². The van der Waals surface area contributed by atoms with E-state index in [2.05, 4.69) is 4.98 Å². The number of thioether (sulfide) groups is 1. The Balaban J connectivity index is 1.46. The maximum atomic E-state index is 13.7. The predicted octanol–water partition coefficient (Wildman–Crippen LogP) is 4.91. The summed E-state index contributed by atoms with van der Waals surface area (Å²) in [5.74, 6) is -4.84. The van der Waals surface area contributed by atoms with Crippen LogP contribution in [0.25, 0.3) is 11.3 Å². The van der Waals surface area contributed by atoms with Gasteiger partial charge >= 0.3 is 0 Å². The molecule has 4 unspecified atom stereocenters. The molecule has 0 spiro atoms. The number of halogens is 4. The molecular weight excluding hydrogens is 511 g/mol. The highest BCUT2D eigenvalue weighted by Crippen LogP contribution is 2.46. The predicted molar refractivity (Wildman–Crippen MR) is 123 cm³/mol. The summed E-state index contributed by atoms with van der Waals surface area (Å²) in [5, 5.41) is 24.3. The summed E-state index contributed by atoms with van der Waals surface area (Å²) >= 11 is 8.68. The average molecular weight is 530 g/mol. The van der Waals surface area contributed by atoms with E-state index in [9.17, 15) is 23.4 Å². The summed E-state index contributed by atoms with van der Waals surface area (Å²) in [6, 6.07) is 7.25. The highest BCUT2D eigenvalue weighted by molar-refractivity contribution is 7.99. The number of rotatable bonds is 4. The maximum absolute atomic E-state index is 13.7. The molecule has 2 saturated heterocycles. The van der Waals surface area contributed by atoms with E-state index in [0.29, 0.717) is 10.0 Å². The molecule has 3 heterocycles. The SMILES string of the molecule is Cc1ccc(S[C@H]2OC3C(O)CO[C@@H]3C(c3nc(-c4cc(F)c(F)c(F)c4)cs3)C2O)cc1Cl. The first-order valence-corrected chi connectivity index (χ1v) is 12.5. The Bertz CT molecular complexity index is 1210. The fourth-order valence-electron chi connectivity index (χ4n) is 4.14. The van der Waals surface area contributed by atoms with Crippen molar-refractivity contribution >= 4 is 34.7 Å². The van der Waals surface area contributed by atoms with Gasteiger partial charge in [-0.1, -0.05) is 29.4 Å². The minimum atomic E-state index is -1.55. The van der Waals surface area contributed by atoms with Crippen LogP contribution in [-0.2, 0) is 9.47 Å². The van der Waals surface area contributed by atoms with Gasteiger partial charge in [0.25, 0.3) is 0 Å². The Hall–Kier alpha value is -1.66. The van der Waals surface area contributed by atoms with E-state index in [0.717, 1.165) is 22.6 Å². The van der Waals surface area contributed by atoms with Gasteiger partial charge in [0.1, 0.15) is 28.8 Å². The molecule has 6 atom stereocenters. The second-order valence-electron chi connectivity index (χ2n) is 8.20. The molecule has 2 aliphatic heterocycles. The number of benzene rings is 2. The number of ether oxygens (including phenoxy) is 2. The summed E-state index contributed by atoms with van der Waals surface area (Å²) in [5.41, 5.74) is 0.470. The molecule has 11 heteroatoms. The molecule has 0 amide bonds. The lowest BCUT2D eigenvalue weighted by molar-refractivity contribution is -0.144. The van der Waals surface area contributed by atoms with Gasteiger partial charge in [0.05, 0.1) is 24.3 Å². The Morgan fingerprint density at radius 1 is 1.12 bits per heavy atom. The molecule has 2 aromatic carbocycles. The fraction of sp³-hybridized carbons (Fsp3) is 0.348. The van der Waals surface area contributed by atoms with Crippen LogP contribution < -0.4 is 0 Å². The van der Waals surface area contributed by atoms with Gasteiger partial charge in [0.15, 0.2) is 17.5 Å². The summed E-state index contributed by atoms with van der Waals surface area (Å²) in [6.45, 7) is 1.92. The van der Waals surface area contributed by atoms with Crippen LogP contribution in [0, 0.1) is 24.4 Å². The first kappa shape index (κ1) is 24.1. The monoisotopic (exact) mass is 529 g/mol. The van der Waals surface area contributed by atoms with Crippen molar-refractivity contribution in [2.24, 2.45) is 0 Å². The van der Waals surface area contributed by atoms with Crippen molar-refractivity contribution in [3.63, 3.8) is 0 Å². The number of aliphatic hydroxyl groups is 2. The number of hydrogen-bond acceptors (Lipinski definition) is 7. The van der Waals surface area contributed by atoms with E-state index in [1.807, 2.05) is 19.1 Å². The Labute approximate surface area is 206 Å². The highest BCUT2D eigenvalue weighted by atomic mass is 35.5. The zero-order valence-corrected chi connectivity index (χ0v) is 20.0. The van der Waals surface area contributed by atoms with Crippen LogP contribution in [0.1, 0.15) is 16.5 Å². The summed E-state index contributed by atoms with van der Waals surface area (Å²) in [4.78, 5) is 5.25. The number of aromatic nitrogens is 1. The van der Waals surface area contributed by atoms with Crippen LogP contribution in [0.4, 0.5) is 13.2 Å². The van der Waals surface area contributed by atoms with Crippen LogP contribution in [0.5, 0.6) is 0 Å². The van der Waals surface area contributed by atoms with Gasteiger partial charge in [-0.05, 0) is 36.8 Å². The number of aryl methyl sites for hydroxylation is 1. The fourth-order valence-corrected chi connectivity index (χ4v) is 6.48. The molecule has 5 rings (SSSR count). The minimum absolute atomic E-state index is 0.0406. The molecule has 0 radical (unpaired) electrons. The lowest BCUT2D eigenvalue weighted by Gasteiger charge is -2.41. The number of aliphatic hydroxyl groups excluding tert-OH is 2. The molecule has 180 valence electrons. The lowest BCUT2D eigenvalue weighted by Crippen LogP contribution is -2.52. The molecule has 34 heavy (non-hydrogen) atoms. The molecule has 5 nitrogen and oxygen atoms in total. The van der Waals surface area contributed by atoms with E-state index in [-0.39, 0.29) is 17.9 Å². The molecule has 3 aromatic rings. The van der Waals surface area contributed by atoms with Crippen molar-refractivity contribution in [1.82, 2.24) is 4.98 Å². The van der Waals surface area contributed by atoms with Gasteiger partial charge in [-0.15, -0.1) is 11.3 Å². The Kier molecular flexibility index (Phi) is 6.66. The molecule has 0 saturated carbocycles. The first-order valence-electron chi connectivity index (χ1n) is 10.4.